The van der Waals surface area contributed by atoms with E-state index in [2.05, 4.69) is 10.2 Å². The largest absolute Gasteiger partial charge is 0.320 e. The highest BCUT2D eigenvalue weighted by molar-refractivity contribution is 5.82. The van der Waals surface area contributed by atoms with Crippen LogP contribution in [0.3, 0.4) is 0 Å². The summed E-state index contributed by atoms with van der Waals surface area (Å²) >= 11 is 0. The van der Waals surface area contributed by atoms with Gasteiger partial charge in [0.05, 0.1) is 12.2 Å². The summed E-state index contributed by atoms with van der Waals surface area (Å²) in [6, 6.07) is 0.584. The van der Waals surface area contributed by atoms with E-state index in [0.717, 1.165) is 0 Å². The molecule has 0 aromatic carbocycles. The van der Waals surface area contributed by atoms with E-state index in [9.17, 15) is 4.79 Å². The molecule has 1 heterocycles. The predicted molar refractivity (Wildman–Crippen MR) is 49.1 cm³/mol. The van der Waals surface area contributed by atoms with Crippen molar-refractivity contribution in [3.63, 3.8) is 0 Å². The highest BCUT2D eigenvalue weighted by atomic mass is 16.2. The Kier molecular flexibility index (Phi) is 1.48. The zero-order valence-electron chi connectivity index (χ0n) is 7.88. The first-order chi connectivity index (χ1) is 6.32. The molecular weight excluding hydrogens is 164 g/mol. The molecule has 1 amide bonds. The number of hydrogen-bond donors (Lipinski definition) is 1. The molecule has 3 rings (SSSR count). The van der Waals surface area contributed by atoms with Gasteiger partial charge in [-0.3, -0.25) is 10.1 Å². The molecule has 1 N–H and O–H groups in total. The maximum atomic E-state index is 11.7. The average Bonchev–Trinajstić information content (AvgIpc) is 2.75. The van der Waals surface area contributed by atoms with Crippen molar-refractivity contribution in [1.82, 2.24) is 10.2 Å². The van der Waals surface area contributed by atoms with Crippen molar-refractivity contribution >= 4 is 5.91 Å². The zero-order chi connectivity index (χ0) is 8.89. The third-order valence-electron chi connectivity index (χ3n) is 3.64. The second kappa shape index (κ2) is 2.47. The van der Waals surface area contributed by atoms with Gasteiger partial charge in [0.15, 0.2) is 0 Å². The molecule has 3 fully saturated rings. The second-order valence-corrected chi connectivity index (χ2v) is 4.59. The molecular formula is C10H16N2O. The molecule has 0 bridgehead atoms. The maximum absolute atomic E-state index is 11.7. The van der Waals surface area contributed by atoms with Crippen LogP contribution < -0.4 is 5.32 Å². The Hall–Kier alpha value is -0.570. The van der Waals surface area contributed by atoms with Crippen LogP contribution >= 0.6 is 0 Å². The van der Waals surface area contributed by atoms with E-state index >= 15 is 0 Å². The SMILES string of the molecule is O=C1CNC2(CCCC2)N1C1CC1. The van der Waals surface area contributed by atoms with E-state index in [4.69, 9.17) is 0 Å². The van der Waals surface area contributed by atoms with Gasteiger partial charge in [-0.05, 0) is 38.5 Å². The Morgan fingerprint density at radius 3 is 2.62 bits per heavy atom. The molecule has 0 aromatic heterocycles. The minimum Gasteiger partial charge on any atom is -0.320 e. The number of amides is 1. The Morgan fingerprint density at radius 2 is 2.00 bits per heavy atom. The quantitative estimate of drug-likeness (QED) is 0.649. The minimum absolute atomic E-state index is 0.0955. The van der Waals surface area contributed by atoms with Gasteiger partial charge in [0.1, 0.15) is 0 Å². The molecule has 72 valence electrons. The van der Waals surface area contributed by atoms with Crippen molar-refractivity contribution in [2.24, 2.45) is 0 Å². The van der Waals surface area contributed by atoms with Crippen LogP contribution in [-0.2, 0) is 4.79 Å². The molecule has 3 nitrogen and oxygen atoms in total. The standard InChI is InChI=1S/C10H16N2O/c13-9-7-11-10(5-1-2-6-10)12(9)8-3-4-8/h8,11H,1-7H2. The van der Waals surface area contributed by atoms with Crippen molar-refractivity contribution < 1.29 is 4.79 Å². The molecule has 1 spiro atoms. The van der Waals surface area contributed by atoms with Gasteiger partial charge < -0.3 is 4.90 Å². The van der Waals surface area contributed by atoms with E-state index in [1.54, 1.807) is 0 Å². The van der Waals surface area contributed by atoms with Crippen LogP contribution in [0, 0.1) is 0 Å². The predicted octanol–water partition coefficient (Wildman–Crippen LogP) is 0.851. The van der Waals surface area contributed by atoms with Gasteiger partial charge >= 0.3 is 0 Å². The van der Waals surface area contributed by atoms with Crippen LogP contribution in [0.15, 0.2) is 0 Å². The monoisotopic (exact) mass is 180 g/mol. The topological polar surface area (TPSA) is 32.3 Å². The fraction of sp³-hybridized carbons (Fsp3) is 0.900. The van der Waals surface area contributed by atoms with Crippen molar-refractivity contribution in [3.05, 3.63) is 0 Å². The number of carbonyl (C=O) groups is 1. The van der Waals surface area contributed by atoms with Crippen LogP contribution in [0.4, 0.5) is 0 Å². The lowest BCUT2D eigenvalue weighted by Gasteiger charge is -2.35. The van der Waals surface area contributed by atoms with Crippen molar-refractivity contribution in [2.45, 2.75) is 50.2 Å². The average molecular weight is 180 g/mol. The maximum Gasteiger partial charge on any atom is 0.238 e. The molecule has 0 atom stereocenters. The number of rotatable bonds is 1. The lowest BCUT2D eigenvalue weighted by Crippen LogP contribution is -2.51. The van der Waals surface area contributed by atoms with Crippen LogP contribution in [0.2, 0.25) is 0 Å². The molecule has 3 aliphatic rings. The van der Waals surface area contributed by atoms with Crippen LogP contribution in [0.5, 0.6) is 0 Å². The number of nitrogens with one attached hydrogen (secondary N) is 1. The summed E-state index contributed by atoms with van der Waals surface area (Å²) in [7, 11) is 0. The smallest absolute Gasteiger partial charge is 0.238 e. The Balaban J connectivity index is 1.89. The zero-order valence-corrected chi connectivity index (χ0v) is 7.88. The molecule has 1 saturated heterocycles. The molecule has 3 heteroatoms. The number of nitrogens with zero attached hydrogens (tertiary/aromatic N) is 1. The summed E-state index contributed by atoms with van der Waals surface area (Å²) in [5.74, 6) is 0.337. The Labute approximate surface area is 78.5 Å². The van der Waals surface area contributed by atoms with Gasteiger partial charge in [0.2, 0.25) is 5.91 Å². The Bertz CT molecular complexity index is 241. The molecule has 2 aliphatic carbocycles. The third-order valence-corrected chi connectivity index (χ3v) is 3.64. The van der Waals surface area contributed by atoms with Crippen molar-refractivity contribution in [3.8, 4) is 0 Å². The lowest BCUT2D eigenvalue weighted by atomic mass is 10.1. The first-order valence-corrected chi connectivity index (χ1v) is 5.39. The van der Waals surface area contributed by atoms with E-state index in [1.165, 1.54) is 38.5 Å². The highest BCUT2D eigenvalue weighted by Crippen LogP contribution is 2.42. The molecule has 0 aromatic rings. The van der Waals surface area contributed by atoms with Gasteiger partial charge in [0, 0.05) is 6.04 Å². The molecule has 0 unspecified atom stereocenters. The summed E-state index contributed by atoms with van der Waals surface area (Å²) in [5.41, 5.74) is 0.0955. The summed E-state index contributed by atoms with van der Waals surface area (Å²) < 4.78 is 0. The Morgan fingerprint density at radius 1 is 1.31 bits per heavy atom. The van der Waals surface area contributed by atoms with E-state index in [-0.39, 0.29) is 5.66 Å². The summed E-state index contributed by atoms with van der Waals surface area (Å²) in [5, 5.41) is 3.43. The van der Waals surface area contributed by atoms with Gasteiger partial charge in [-0.25, -0.2) is 0 Å². The summed E-state index contributed by atoms with van der Waals surface area (Å²) in [6.45, 7) is 0.580. The first-order valence-electron chi connectivity index (χ1n) is 5.39. The van der Waals surface area contributed by atoms with Gasteiger partial charge in [-0.15, -0.1) is 0 Å². The molecule has 0 radical (unpaired) electrons. The molecule has 2 saturated carbocycles. The van der Waals surface area contributed by atoms with Crippen LogP contribution in [0.1, 0.15) is 38.5 Å². The van der Waals surface area contributed by atoms with Gasteiger partial charge in [0.25, 0.3) is 0 Å². The van der Waals surface area contributed by atoms with E-state index in [0.29, 0.717) is 18.5 Å². The normalized spacial score (nSPS) is 32.0. The number of carbonyl (C=O) groups excluding carboxylic acids is 1. The molecule has 1 aliphatic heterocycles. The minimum atomic E-state index is 0.0955. The van der Waals surface area contributed by atoms with E-state index < -0.39 is 0 Å². The fourth-order valence-corrected chi connectivity index (χ4v) is 2.91. The second-order valence-electron chi connectivity index (χ2n) is 4.59. The third kappa shape index (κ3) is 1.03. The van der Waals surface area contributed by atoms with E-state index in [1.807, 2.05) is 0 Å². The van der Waals surface area contributed by atoms with Crippen molar-refractivity contribution in [1.29, 1.82) is 0 Å². The highest BCUT2D eigenvalue weighted by Gasteiger charge is 2.51. The summed E-state index contributed by atoms with van der Waals surface area (Å²) in [6.07, 6.45) is 7.38. The lowest BCUT2D eigenvalue weighted by molar-refractivity contribution is -0.131. The van der Waals surface area contributed by atoms with Crippen molar-refractivity contribution in [2.75, 3.05) is 6.54 Å². The number of hydrogen-bond acceptors (Lipinski definition) is 2. The fourth-order valence-electron chi connectivity index (χ4n) is 2.91. The summed E-state index contributed by atoms with van der Waals surface area (Å²) in [4.78, 5) is 13.8. The van der Waals surface area contributed by atoms with Gasteiger partial charge in [-0.2, -0.15) is 0 Å². The van der Waals surface area contributed by atoms with Gasteiger partial charge in [-0.1, -0.05) is 0 Å². The van der Waals surface area contributed by atoms with Crippen LogP contribution in [0.25, 0.3) is 0 Å². The van der Waals surface area contributed by atoms with Crippen LogP contribution in [-0.4, -0.2) is 29.1 Å². The first kappa shape index (κ1) is 7.80. The molecule has 13 heavy (non-hydrogen) atoms.